The summed E-state index contributed by atoms with van der Waals surface area (Å²) in [4.78, 5) is 27.2. The van der Waals surface area contributed by atoms with Crippen LogP contribution >= 0.6 is 11.8 Å². The fraction of sp³-hybridized carbons (Fsp3) is 0.261. The van der Waals surface area contributed by atoms with Gasteiger partial charge in [0.15, 0.2) is 11.5 Å². The van der Waals surface area contributed by atoms with E-state index >= 15 is 0 Å². The van der Waals surface area contributed by atoms with Crippen LogP contribution in [0.1, 0.15) is 10.4 Å². The van der Waals surface area contributed by atoms with E-state index in [0.717, 1.165) is 35.3 Å². The van der Waals surface area contributed by atoms with Crippen LogP contribution in [-0.2, 0) is 0 Å². The van der Waals surface area contributed by atoms with Gasteiger partial charge in [-0.3, -0.25) is 4.79 Å². The number of ether oxygens (including phenoxy) is 2. The second kappa shape index (κ2) is 8.85. The minimum atomic E-state index is 0.00816. The van der Waals surface area contributed by atoms with Gasteiger partial charge in [0.2, 0.25) is 0 Å². The van der Waals surface area contributed by atoms with Gasteiger partial charge >= 0.3 is 0 Å². The molecule has 2 aliphatic rings. The molecule has 0 aliphatic carbocycles. The summed E-state index contributed by atoms with van der Waals surface area (Å²) in [6.45, 7) is 3.92. The number of hydrogen-bond donors (Lipinski definition) is 0. The first-order valence-corrected chi connectivity index (χ1v) is 11.1. The van der Waals surface area contributed by atoms with Gasteiger partial charge in [0.05, 0.1) is 5.56 Å². The van der Waals surface area contributed by atoms with Crippen molar-refractivity contribution in [2.24, 2.45) is 0 Å². The normalized spacial score (nSPS) is 15.6. The molecule has 0 unspecified atom stereocenters. The van der Waals surface area contributed by atoms with Gasteiger partial charge in [-0.15, -0.1) is 0 Å². The monoisotopic (exact) mass is 434 g/mol. The number of pyridine rings is 2. The third kappa shape index (κ3) is 4.29. The van der Waals surface area contributed by atoms with Gasteiger partial charge in [-0.1, -0.05) is 17.8 Å². The number of benzene rings is 1. The quantitative estimate of drug-likeness (QED) is 0.624. The van der Waals surface area contributed by atoms with Crippen molar-refractivity contribution in [2.75, 3.05) is 44.3 Å². The molecule has 7 nitrogen and oxygen atoms in total. The second-order valence-corrected chi connectivity index (χ2v) is 8.29. The molecule has 0 N–H and O–H groups in total. The van der Waals surface area contributed by atoms with Crippen molar-refractivity contribution in [3.63, 3.8) is 0 Å². The summed E-state index contributed by atoms with van der Waals surface area (Å²) in [6, 6.07) is 15.4. The highest BCUT2D eigenvalue weighted by molar-refractivity contribution is 7.99. The first kappa shape index (κ1) is 19.7. The van der Waals surface area contributed by atoms with Crippen molar-refractivity contribution in [1.29, 1.82) is 0 Å². The molecule has 31 heavy (non-hydrogen) atoms. The molecule has 0 bridgehead atoms. The van der Waals surface area contributed by atoms with E-state index in [0.29, 0.717) is 36.9 Å². The first-order valence-electron chi connectivity index (χ1n) is 10.3. The Kier molecular flexibility index (Phi) is 5.62. The van der Waals surface area contributed by atoms with E-state index in [1.165, 1.54) is 11.8 Å². The molecule has 5 rings (SSSR count). The Morgan fingerprint density at radius 2 is 1.68 bits per heavy atom. The second-order valence-electron chi connectivity index (χ2n) is 7.23. The molecule has 8 heteroatoms. The Morgan fingerprint density at radius 1 is 0.871 bits per heavy atom. The number of nitrogens with zero attached hydrogens (tertiary/aromatic N) is 4. The highest BCUT2D eigenvalue weighted by Gasteiger charge is 2.25. The molecule has 0 spiro atoms. The third-order valence-electron chi connectivity index (χ3n) is 5.27. The van der Waals surface area contributed by atoms with Crippen molar-refractivity contribution < 1.29 is 14.3 Å². The fourth-order valence-corrected chi connectivity index (χ4v) is 4.59. The van der Waals surface area contributed by atoms with E-state index in [4.69, 9.17) is 9.47 Å². The maximum Gasteiger partial charge on any atom is 0.256 e. The van der Waals surface area contributed by atoms with E-state index < -0.39 is 0 Å². The van der Waals surface area contributed by atoms with Crippen molar-refractivity contribution in [2.45, 2.75) is 9.92 Å². The first-order chi connectivity index (χ1) is 15.3. The molecule has 0 radical (unpaired) electrons. The van der Waals surface area contributed by atoms with Crippen LogP contribution in [0, 0.1) is 0 Å². The molecule has 2 aliphatic heterocycles. The topological polar surface area (TPSA) is 67.8 Å². The zero-order chi connectivity index (χ0) is 21.0. The Bertz CT molecular complexity index is 1070. The summed E-state index contributed by atoms with van der Waals surface area (Å²) < 4.78 is 11.3. The maximum atomic E-state index is 13.3. The number of aromatic nitrogens is 2. The van der Waals surface area contributed by atoms with Crippen LogP contribution in [0.4, 0.5) is 5.82 Å². The number of fused-ring (bicyclic) bond motifs is 1. The van der Waals surface area contributed by atoms with Gasteiger partial charge in [-0.2, -0.15) is 0 Å². The SMILES string of the molecule is O=C(c1cccnc1Sc1ccc2c(c1)OCCO2)N1CCN(c2ccccn2)CC1. The van der Waals surface area contributed by atoms with Crippen LogP contribution in [0.2, 0.25) is 0 Å². The van der Waals surface area contributed by atoms with Crippen molar-refractivity contribution >= 4 is 23.5 Å². The van der Waals surface area contributed by atoms with Crippen molar-refractivity contribution in [3.05, 3.63) is 66.5 Å². The molecule has 1 aromatic carbocycles. The lowest BCUT2D eigenvalue weighted by Gasteiger charge is -2.35. The van der Waals surface area contributed by atoms with Crippen LogP contribution in [-0.4, -0.2) is 60.2 Å². The summed E-state index contributed by atoms with van der Waals surface area (Å²) in [5, 5.41) is 0.691. The van der Waals surface area contributed by atoms with Crippen LogP contribution in [0.15, 0.2) is 70.8 Å². The predicted molar refractivity (Wildman–Crippen MR) is 118 cm³/mol. The standard InChI is InChI=1S/C23H22N4O3S/c28-23(27-12-10-26(11-13-27)21-5-1-2-8-24-21)18-4-3-9-25-22(18)31-17-6-7-19-20(16-17)30-15-14-29-19/h1-9,16H,10-15H2. The summed E-state index contributed by atoms with van der Waals surface area (Å²) in [5.74, 6) is 2.43. The minimum Gasteiger partial charge on any atom is -0.486 e. The average Bonchev–Trinajstić information content (AvgIpc) is 2.84. The lowest BCUT2D eigenvalue weighted by atomic mass is 10.2. The largest absolute Gasteiger partial charge is 0.486 e. The lowest BCUT2D eigenvalue weighted by molar-refractivity contribution is 0.0742. The van der Waals surface area contributed by atoms with E-state index in [9.17, 15) is 4.79 Å². The maximum absolute atomic E-state index is 13.3. The molecule has 1 saturated heterocycles. The Labute approximate surface area is 185 Å². The zero-order valence-corrected chi connectivity index (χ0v) is 17.8. The molecule has 158 valence electrons. The summed E-state index contributed by atoms with van der Waals surface area (Å²) in [5.41, 5.74) is 0.619. The predicted octanol–water partition coefficient (Wildman–Crippen LogP) is 3.36. The van der Waals surface area contributed by atoms with Gasteiger partial charge in [-0.25, -0.2) is 9.97 Å². The van der Waals surface area contributed by atoms with Gasteiger partial charge < -0.3 is 19.3 Å². The lowest BCUT2D eigenvalue weighted by Crippen LogP contribution is -2.49. The Balaban J connectivity index is 1.30. The highest BCUT2D eigenvalue weighted by atomic mass is 32.2. The number of carbonyl (C=O) groups is 1. The highest BCUT2D eigenvalue weighted by Crippen LogP contribution is 2.37. The van der Waals surface area contributed by atoms with Gasteiger partial charge in [0.1, 0.15) is 24.1 Å². The molecule has 0 atom stereocenters. The zero-order valence-electron chi connectivity index (χ0n) is 16.9. The summed E-state index contributed by atoms with van der Waals surface area (Å²) in [6.07, 6.45) is 3.51. The average molecular weight is 435 g/mol. The molecular weight excluding hydrogens is 412 g/mol. The van der Waals surface area contributed by atoms with E-state index in [1.807, 2.05) is 53.4 Å². The number of amides is 1. The van der Waals surface area contributed by atoms with E-state index in [1.54, 1.807) is 12.4 Å². The van der Waals surface area contributed by atoms with Crippen LogP contribution < -0.4 is 14.4 Å². The molecule has 0 saturated carbocycles. The van der Waals surface area contributed by atoms with Crippen molar-refractivity contribution in [1.82, 2.24) is 14.9 Å². The Morgan fingerprint density at radius 3 is 2.48 bits per heavy atom. The van der Waals surface area contributed by atoms with Crippen molar-refractivity contribution in [3.8, 4) is 11.5 Å². The number of carbonyl (C=O) groups excluding carboxylic acids is 1. The van der Waals surface area contributed by atoms with Gasteiger partial charge in [0, 0.05) is 43.5 Å². The molecule has 3 aromatic rings. The van der Waals surface area contributed by atoms with Crippen LogP contribution in [0.25, 0.3) is 0 Å². The number of piperazine rings is 1. The molecule has 1 amide bonds. The summed E-state index contributed by atoms with van der Waals surface area (Å²) in [7, 11) is 0. The number of rotatable bonds is 4. The smallest absolute Gasteiger partial charge is 0.256 e. The van der Waals surface area contributed by atoms with E-state index in [-0.39, 0.29) is 5.91 Å². The van der Waals surface area contributed by atoms with Gasteiger partial charge in [-0.05, 0) is 42.5 Å². The van der Waals surface area contributed by atoms with Crippen LogP contribution in [0.3, 0.4) is 0 Å². The molecule has 2 aromatic heterocycles. The van der Waals surface area contributed by atoms with Gasteiger partial charge in [0.25, 0.3) is 5.91 Å². The number of anilines is 1. The molecule has 4 heterocycles. The number of hydrogen-bond acceptors (Lipinski definition) is 7. The minimum absolute atomic E-state index is 0.00816. The third-order valence-corrected chi connectivity index (χ3v) is 6.28. The Hall–Kier alpha value is -3.26. The molecular formula is C23H22N4O3S. The molecule has 1 fully saturated rings. The fourth-order valence-electron chi connectivity index (χ4n) is 3.68. The summed E-state index contributed by atoms with van der Waals surface area (Å²) >= 11 is 1.46. The van der Waals surface area contributed by atoms with E-state index in [2.05, 4.69) is 14.9 Å². The van der Waals surface area contributed by atoms with Crippen LogP contribution in [0.5, 0.6) is 11.5 Å².